The summed E-state index contributed by atoms with van der Waals surface area (Å²) >= 11 is 1.43. The lowest BCUT2D eigenvalue weighted by molar-refractivity contribution is -0.116. The molecule has 180 valence electrons. The molecule has 1 aromatic carbocycles. The van der Waals surface area contributed by atoms with E-state index in [2.05, 4.69) is 29.4 Å². The number of nitrogens with zero attached hydrogens (tertiary/aromatic N) is 4. The largest absolute Gasteiger partial charge is 0.497 e. The van der Waals surface area contributed by atoms with Crippen LogP contribution in [0.25, 0.3) is 16.0 Å². The summed E-state index contributed by atoms with van der Waals surface area (Å²) in [4.78, 5) is 25.6. The molecule has 9 nitrogen and oxygen atoms in total. The molecule has 0 aliphatic rings. The van der Waals surface area contributed by atoms with Crippen molar-refractivity contribution in [2.24, 2.45) is 5.92 Å². The first kappa shape index (κ1) is 23.7. The highest BCUT2D eigenvalue weighted by atomic mass is 32.1. The number of anilines is 1. The number of amides is 1. The summed E-state index contributed by atoms with van der Waals surface area (Å²) in [6.07, 6.45) is 2.31. The summed E-state index contributed by atoms with van der Waals surface area (Å²) in [5.41, 5.74) is 1.36. The number of aryl methyl sites for hydroxylation is 2. The number of carbonyl (C=O) groups is 1. The Labute approximate surface area is 201 Å². The third-order valence-corrected chi connectivity index (χ3v) is 6.59. The van der Waals surface area contributed by atoms with E-state index < -0.39 is 0 Å². The van der Waals surface area contributed by atoms with Crippen molar-refractivity contribution in [3.05, 3.63) is 45.8 Å². The van der Waals surface area contributed by atoms with Crippen molar-refractivity contribution in [3.63, 3.8) is 0 Å². The van der Waals surface area contributed by atoms with Crippen molar-refractivity contribution in [3.8, 4) is 11.5 Å². The predicted molar refractivity (Wildman–Crippen MR) is 133 cm³/mol. The highest BCUT2D eigenvalue weighted by Crippen LogP contribution is 2.29. The van der Waals surface area contributed by atoms with E-state index in [1.165, 1.54) is 11.3 Å². The Morgan fingerprint density at radius 3 is 2.74 bits per heavy atom. The Hall–Kier alpha value is -3.40. The predicted octanol–water partition coefficient (Wildman–Crippen LogP) is 4.13. The Balaban J connectivity index is 1.51. The third kappa shape index (κ3) is 4.77. The standard InChI is InChI=1S/C24H29N5O4S/c1-15(2)10-12-28-23(31)22-18(11-13-34-22)29-20(26-27-24(28)29)6-5-7-21(30)25-17-14-16(32-3)8-9-19(17)33-4/h8-9,11,13-15H,5-7,10,12H2,1-4H3,(H,25,30). The van der Waals surface area contributed by atoms with Gasteiger partial charge in [0.15, 0.2) is 0 Å². The van der Waals surface area contributed by atoms with Crippen LogP contribution in [0.5, 0.6) is 11.5 Å². The first-order valence-corrected chi connectivity index (χ1v) is 12.2. The van der Waals surface area contributed by atoms with Crippen molar-refractivity contribution >= 4 is 38.9 Å². The van der Waals surface area contributed by atoms with Gasteiger partial charge in [0.25, 0.3) is 5.56 Å². The second kappa shape index (κ2) is 10.3. The average molecular weight is 484 g/mol. The molecule has 4 rings (SSSR count). The molecule has 0 fully saturated rings. The van der Waals surface area contributed by atoms with Crippen molar-refractivity contribution in [1.82, 2.24) is 19.2 Å². The van der Waals surface area contributed by atoms with Gasteiger partial charge in [0.2, 0.25) is 11.7 Å². The number of rotatable bonds is 10. The number of hydrogen-bond acceptors (Lipinski definition) is 7. The smallest absolute Gasteiger partial charge is 0.272 e. The number of hydrogen-bond donors (Lipinski definition) is 1. The fourth-order valence-corrected chi connectivity index (χ4v) is 4.69. The SMILES string of the molecule is COc1ccc(OC)c(NC(=O)CCCc2nnc3n(CCC(C)C)c(=O)c4sccc4n23)c1. The molecular formula is C24H29N5O4S. The van der Waals surface area contributed by atoms with E-state index in [-0.39, 0.29) is 11.5 Å². The van der Waals surface area contributed by atoms with Gasteiger partial charge in [-0.1, -0.05) is 13.8 Å². The van der Waals surface area contributed by atoms with Gasteiger partial charge in [-0.2, -0.15) is 0 Å². The van der Waals surface area contributed by atoms with Crippen LogP contribution in [0.1, 0.15) is 38.9 Å². The number of aromatic nitrogens is 4. The van der Waals surface area contributed by atoms with Gasteiger partial charge in [-0.25, -0.2) is 0 Å². The van der Waals surface area contributed by atoms with Gasteiger partial charge in [0.1, 0.15) is 22.0 Å². The maximum atomic E-state index is 13.0. The topological polar surface area (TPSA) is 99.8 Å². The minimum absolute atomic E-state index is 0.0243. The van der Waals surface area contributed by atoms with Crippen LogP contribution in [-0.2, 0) is 17.8 Å². The molecule has 1 N–H and O–H groups in total. The maximum Gasteiger partial charge on any atom is 0.272 e. The van der Waals surface area contributed by atoms with Crippen LogP contribution in [0.2, 0.25) is 0 Å². The zero-order valence-electron chi connectivity index (χ0n) is 19.8. The summed E-state index contributed by atoms with van der Waals surface area (Å²) in [7, 11) is 3.13. The van der Waals surface area contributed by atoms with Gasteiger partial charge < -0.3 is 14.8 Å². The molecular weight excluding hydrogens is 454 g/mol. The molecule has 4 aromatic rings. The molecule has 10 heteroatoms. The monoisotopic (exact) mass is 483 g/mol. The molecule has 1 amide bonds. The zero-order valence-corrected chi connectivity index (χ0v) is 20.6. The Kier molecular flexibility index (Phi) is 7.16. The molecule has 0 saturated heterocycles. The average Bonchev–Trinajstić information content (AvgIpc) is 3.46. The van der Waals surface area contributed by atoms with Gasteiger partial charge in [-0.15, -0.1) is 21.5 Å². The highest BCUT2D eigenvalue weighted by molar-refractivity contribution is 7.17. The first-order valence-electron chi connectivity index (χ1n) is 11.3. The van der Waals surface area contributed by atoms with Gasteiger partial charge in [0, 0.05) is 25.5 Å². The van der Waals surface area contributed by atoms with E-state index in [1.807, 2.05) is 15.8 Å². The molecule has 0 atom stereocenters. The number of ether oxygens (including phenoxy) is 2. The number of benzene rings is 1. The van der Waals surface area contributed by atoms with E-state index in [0.29, 0.717) is 59.4 Å². The molecule has 0 saturated carbocycles. The number of methoxy groups -OCH3 is 2. The second-order valence-electron chi connectivity index (χ2n) is 8.49. The molecule has 0 bridgehead atoms. The van der Waals surface area contributed by atoms with E-state index in [0.717, 1.165) is 17.8 Å². The van der Waals surface area contributed by atoms with Crippen LogP contribution in [0.3, 0.4) is 0 Å². The lowest BCUT2D eigenvalue weighted by Gasteiger charge is -2.12. The quantitative estimate of drug-likeness (QED) is 0.364. The van der Waals surface area contributed by atoms with Gasteiger partial charge in [0.05, 0.1) is 25.4 Å². The van der Waals surface area contributed by atoms with Crippen molar-refractivity contribution in [2.75, 3.05) is 19.5 Å². The van der Waals surface area contributed by atoms with Crippen LogP contribution >= 0.6 is 11.3 Å². The Morgan fingerprint density at radius 1 is 1.18 bits per heavy atom. The van der Waals surface area contributed by atoms with E-state index in [4.69, 9.17) is 9.47 Å². The fourth-order valence-electron chi connectivity index (χ4n) is 3.86. The Morgan fingerprint density at radius 2 is 2.00 bits per heavy atom. The summed E-state index contributed by atoms with van der Waals surface area (Å²) < 4.78 is 14.9. The van der Waals surface area contributed by atoms with Crippen LogP contribution in [0.4, 0.5) is 5.69 Å². The number of fused-ring (bicyclic) bond motifs is 3. The third-order valence-electron chi connectivity index (χ3n) is 5.69. The molecule has 3 aromatic heterocycles. The summed E-state index contributed by atoms with van der Waals surface area (Å²) in [5.74, 6) is 2.83. The van der Waals surface area contributed by atoms with Crippen LogP contribution in [-0.4, -0.2) is 39.3 Å². The summed E-state index contributed by atoms with van der Waals surface area (Å²) in [6.45, 7) is 4.86. The van der Waals surface area contributed by atoms with Gasteiger partial charge >= 0.3 is 0 Å². The van der Waals surface area contributed by atoms with Gasteiger partial charge in [-0.05, 0) is 42.3 Å². The van der Waals surface area contributed by atoms with Crippen LogP contribution in [0.15, 0.2) is 34.4 Å². The normalized spacial score (nSPS) is 11.4. The maximum absolute atomic E-state index is 13.0. The fraction of sp³-hybridized carbons (Fsp3) is 0.417. The molecule has 0 aliphatic heterocycles. The molecule has 34 heavy (non-hydrogen) atoms. The first-order chi connectivity index (χ1) is 16.4. The number of carbonyl (C=O) groups excluding carboxylic acids is 1. The number of thiophene rings is 1. The molecule has 0 spiro atoms. The lowest BCUT2D eigenvalue weighted by Crippen LogP contribution is -2.23. The van der Waals surface area contributed by atoms with E-state index >= 15 is 0 Å². The minimum Gasteiger partial charge on any atom is -0.497 e. The van der Waals surface area contributed by atoms with Crippen molar-refractivity contribution in [2.45, 2.75) is 46.1 Å². The van der Waals surface area contributed by atoms with Crippen LogP contribution < -0.4 is 20.3 Å². The molecule has 0 aliphatic carbocycles. The molecule has 0 radical (unpaired) electrons. The lowest BCUT2D eigenvalue weighted by atomic mass is 10.1. The summed E-state index contributed by atoms with van der Waals surface area (Å²) in [6, 6.07) is 7.18. The van der Waals surface area contributed by atoms with Gasteiger partial charge in [-0.3, -0.25) is 18.6 Å². The van der Waals surface area contributed by atoms with E-state index in [9.17, 15) is 9.59 Å². The molecule has 0 unspecified atom stereocenters. The summed E-state index contributed by atoms with van der Waals surface area (Å²) in [5, 5.41) is 13.5. The van der Waals surface area contributed by atoms with Crippen molar-refractivity contribution in [1.29, 1.82) is 0 Å². The number of nitrogens with one attached hydrogen (secondary N) is 1. The molecule has 3 heterocycles. The van der Waals surface area contributed by atoms with Crippen molar-refractivity contribution < 1.29 is 14.3 Å². The zero-order chi connectivity index (χ0) is 24.2. The van der Waals surface area contributed by atoms with Crippen LogP contribution in [0, 0.1) is 5.92 Å². The van der Waals surface area contributed by atoms with E-state index in [1.54, 1.807) is 37.0 Å². The highest BCUT2D eigenvalue weighted by Gasteiger charge is 2.18. The minimum atomic E-state index is -0.130. The second-order valence-corrected chi connectivity index (χ2v) is 9.41. The Bertz CT molecular complexity index is 1370.